The van der Waals surface area contributed by atoms with Gasteiger partial charge in [-0.05, 0) is 37.9 Å². The van der Waals surface area contributed by atoms with Crippen LogP contribution in [0.1, 0.15) is 38.3 Å². The lowest BCUT2D eigenvalue weighted by atomic mass is 9.93. The molecule has 3 rings (SSSR count). The smallest absolute Gasteiger partial charge is 0.0415 e. The summed E-state index contributed by atoms with van der Waals surface area (Å²) in [5.41, 5.74) is 3.62. The number of hydrogen-bond acceptors (Lipinski definition) is 2. The highest BCUT2D eigenvalue weighted by molar-refractivity contribution is 5.58. The molecule has 1 unspecified atom stereocenters. The number of hydrogen-bond donors (Lipinski definition) is 1. The summed E-state index contributed by atoms with van der Waals surface area (Å²) in [4.78, 5) is 2.55. The van der Waals surface area contributed by atoms with Gasteiger partial charge in [0, 0.05) is 30.2 Å². The minimum absolute atomic E-state index is 0.451. The number of nitrogens with zero attached hydrogens (tertiary/aromatic N) is 1. The zero-order chi connectivity index (χ0) is 11.9. The fraction of sp³-hybridized carbons (Fsp3) is 0.600. The van der Waals surface area contributed by atoms with Gasteiger partial charge in [-0.2, -0.15) is 0 Å². The minimum Gasteiger partial charge on any atom is -0.370 e. The highest BCUT2D eigenvalue weighted by Gasteiger charge is 2.52. The SMILES string of the molecule is CCNC(C)c1ccccc1N1CC2(CC2)C1. The summed E-state index contributed by atoms with van der Waals surface area (Å²) >= 11 is 0. The third kappa shape index (κ3) is 1.95. The molecule has 17 heavy (non-hydrogen) atoms. The number of benzene rings is 1. The van der Waals surface area contributed by atoms with Gasteiger partial charge in [0.05, 0.1) is 0 Å². The van der Waals surface area contributed by atoms with Gasteiger partial charge in [-0.15, -0.1) is 0 Å². The lowest BCUT2D eigenvalue weighted by Crippen LogP contribution is -2.49. The van der Waals surface area contributed by atoms with Crippen molar-refractivity contribution in [1.82, 2.24) is 5.32 Å². The van der Waals surface area contributed by atoms with Gasteiger partial charge in [0.1, 0.15) is 0 Å². The Hall–Kier alpha value is -1.02. The van der Waals surface area contributed by atoms with Gasteiger partial charge in [0.2, 0.25) is 0 Å². The Morgan fingerprint density at radius 2 is 2.00 bits per heavy atom. The summed E-state index contributed by atoms with van der Waals surface area (Å²) in [6.45, 7) is 8.02. The molecule has 1 aliphatic heterocycles. The molecule has 0 aromatic heterocycles. The van der Waals surface area contributed by atoms with Crippen LogP contribution in [0, 0.1) is 5.41 Å². The second kappa shape index (κ2) is 4.02. The average molecular weight is 230 g/mol. The predicted octanol–water partition coefficient (Wildman–Crippen LogP) is 2.96. The molecule has 1 aromatic rings. The third-order valence-corrected chi connectivity index (χ3v) is 4.26. The van der Waals surface area contributed by atoms with Crippen molar-refractivity contribution < 1.29 is 0 Å². The van der Waals surface area contributed by atoms with E-state index in [4.69, 9.17) is 0 Å². The predicted molar refractivity (Wildman–Crippen MR) is 72.4 cm³/mol. The van der Waals surface area contributed by atoms with Crippen LogP contribution >= 0.6 is 0 Å². The van der Waals surface area contributed by atoms with E-state index in [0.717, 1.165) is 12.0 Å². The fourth-order valence-corrected chi connectivity index (χ4v) is 2.98. The summed E-state index contributed by atoms with van der Waals surface area (Å²) < 4.78 is 0. The summed E-state index contributed by atoms with van der Waals surface area (Å²) in [5.74, 6) is 0. The average Bonchev–Trinajstić information content (AvgIpc) is 3.07. The molecule has 2 heteroatoms. The molecule has 92 valence electrons. The molecule has 1 aromatic carbocycles. The zero-order valence-corrected chi connectivity index (χ0v) is 10.9. The Bertz CT molecular complexity index is 401. The third-order valence-electron chi connectivity index (χ3n) is 4.26. The van der Waals surface area contributed by atoms with Gasteiger partial charge in [-0.25, -0.2) is 0 Å². The maximum absolute atomic E-state index is 3.51. The van der Waals surface area contributed by atoms with E-state index in [1.165, 1.54) is 37.2 Å². The normalized spacial score (nSPS) is 22.4. The summed E-state index contributed by atoms with van der Waals surface area (Å²) in [6.07, 6.45) is 2.91. The topological polar surface area (TPSA) is 15.3 Å². The summed E-state index contributed by atoms with van der Waals surface area (Å²) in [5, 5.41) is 3.51. The molecule has 1 saturated heterocycles. The first-order chi connectivity index (χ1) is 8.24. The number of nitrogens with one attached hydrogen (secondary N) is 1. The van der Waals surface area contributed by atoms with Crippen molar-refractivity contribution in [2.24, 2.45) is 5.41 Å². The van der Waals surface area contributed by atoms with E-state index in [9.17, 15) is 0 Å². The van der Waals surface area contributed by atoms with Crippen LogP contribution in [0.15, 0.2) is 24.3 Å². The summed E-state index contributed by atoms with van der Waals surface area (Å²) in [6, 6.07) is 9.31. The van der Waals surface area contributed by atoms with E-state index in [1.807, 2.05) is 0 Å². The summed E-state index contributed by atoms with van der Waals surface area (Å²) in [7, 11) is 0. The first kappa shape index (κ1) is 11.1. The zero-order valence-electron chi connectivity index (χ0n) is 10.9. The van der Waals surface area contributed by atoms with Crippen molar-refractivity contribution in [2.45, 2.75) is 32.7 Å². The van der Waals surface area contributed by atoms with Crippen LogP contribution in [0.2, 0.25) is 0 Å². The van der Waals surface area contributed by atoms with E-state index in [2.05, 4.69) is 48.3 Å². The second-order valence-corrected chi connectivity index (χ2v) is 5.69. The van der Waals surface area contributed by atoms with Crippen LogP contribution in [0.4, 0.5) is 5.69 Å². The molecule has 0 amide bonds. The molecule has 1 spiro atoms. The van der Waals surface area contributed by atoms with Gasteiger partial charge in [0.15, 0.2) is 0 Å². The van der Waals surface area contributed by atoms with Crippen molar-refractivity contribution in [3.8, 4) is 0 Å². The molecule has 2 nitrogen and oxygen atoms in total. The highest BCUT2D eigenvalue weighted by atomic mass is 15.2. The highest BCUT2D eigenvalue weighted by Crippen LogP contribution is 2.54. The molecular weight excluding hydrogens is 208 g/mol. The maximum atomic E-state index is 3.51. The van der Waals surface area contributed by atoms with Gasteiger partial charge in [-0.3, -0.25) is 0 Å². The second-order valence-electron chi connectivity index (χ2n) is 5.69. The molecule has 1 N–H and O–H groups in total. The fourth-order valence-electron chi connectivity index (χ4n) is 2.98. The van der Waals surface area contributed by atoms with Crippen LogP contribution in [-0.2, 0) is 0 Å². The van der Waals surface area contributed by atoms with Gasteiger partial charge >= 0.3 is 0 Å². The Morgan fingerprint density at radius 1 is 1.29 bits per heavy atom. The van der Waals surface area contributed by atoms with Crippen LogP contribution in [0.25, 0.3) is 0 Å². The Balaban J connectivity index is 1.78. The lowest BCUT2D eigenvalue weighted by molar-refractivity contribution is 0.385. The van der Waals surface area contributed by atoms with E-state index in [1.54, 1.807) is 0 Å². The molecule has 1 atom stereocenters. The van der Waals surface area contributed by atoms with Crippen molar-refractivity contribution in [3.63, 3.8) is 0 Å². The molecular formula is C15H22N2. The maximum Gasteiger partial charge on any atom is 0.0415 e. The molecule has 0 radical (unpaired) electrons. The Labute approximate surface area is 104 Å². The van der Waals surface area contributed by atoms with Gasteiger partial charge in [-0.1, -0.05) is 25.1 Å². The molecule has 0 bridgehead atoms. The molecule has 1 aliphatic carbocycles. The van der Waals surface area contributed by atoms with Crippen LogP contribution in [0.3, 0.4) is 0 Å². The quantitative estimate of drug-likeness (QED) is 0.855. The largest absolute Gasteiger partial charge is 0.370 e. The van der Waals surface area contributed by atoms with Crippen LogP contribution < -0.4 is 10.2 Å². The van der Waals surface area contributed by atoms with Crippen molar-refractivity contribution >= 4 is 5.69 Å². The molecule has 1 saturated carbocycles. The molecule has 1 heterocycles. The first-order valence-corrected chi connectivity index (χ1v) is 6.81. The van der Waals surface area contributed by atoms with Crippen molar-refractivity contribution in [2.75, 3.05) is 24.5 Å². The number of para-hydroxylation sites is 1. The monoisotopic (exact) mass is 230 g/mol. The lowest BCUT2D eigenvalue weighted by Gasteiger charge is -2.43. The number of rotatable bonds is 4. The van der Waals surface area contributed by atoms with Crippen LogP contribution in [-0.4, -0.2) is 19.6 Å². The van der Waals surface area contributed by atoms with E-state index >= 15 is 0 Å². The number of anilines is 1. The molecule has 2 fully saturated rings. The Morgan fingerprint density at radius 3 is 2.65 bits per heavy atom. The van der Waals surface area contributed by atoms with E-state index in [-0.39, 0.29) is 0 Å². The Kier molecular flexibility index (Phi) is 2.62. The van der Waals surface area contributed by atoms with E-state index < -0.39 is 0 Å². The molecule has 2 aliphatic rings. The van der Waals surface area contributed by atoms with E-state index in [0.29, 0.717) is 6.04 Å². The van der Waals surface area contributed by atoms with Gasteiger partial charge < -0.3 is 10.2 Å². The van der Waals surface area contributed by atoms with Gasteiger partial charge in [0.25, 0.3) is 0 Å². The standard InChI is InChI=1S/C15H22N2/c1-3-16-12(2)13-6-4-5-7-14(13)17-10-15(11-17)8-9-15/h4-7,12,16H,3,8-11H2,1-2H3. The van der Waals surface area contributed by atoms with Crippen LogP contribution in [0.5, 0.6) is 0 Å². The van der Waals surface area contributed by atoms with Crippen molar-refractivity contribution in [3.05, 3.63) is 29.8 Å². The first-order valence-electron chi connectivity index (χ1n) is 6.81. The minimum atomic E-state index is 0.451. The van der Waals surface area contributed by atoms with Crippen molar-refractivity contribution in [1.29, 1.82) is 0 Å².